The van der Waals surface area contributed by atoms with Crippen molar-refractivity contribution in [2.75, 3.05) is 32.8 Å². The molecule has 2 atom stereocenters. The number of rotatable bonds is 10. The van der Waals surface area contributed by atoms with Crippen LogP contribution in [0.2, 0.25) is 0 Å². The maximum absolute atomic E-state index is 6.53. The Bertz CT molecular complexity index is 264. The SMILES string of the molecule is CCCCC(C)CN1CN(CC(C)CCCC)CC(C)(N)C1. The summed E-state index contributed by atoms with van der Waals surface area (Å²) >= 11 is 0. The lowest BCUT2D eigenvalue weighted by Gasteiger charge is -2.46. The van der Waals surface area contributed by atoms with Gasteiger partial charge in [-0.1, -0.05) is 53.4 Å². The Morgan fingerprint density at radius 2 is 1.32 bits per heavy atom. The second-order valence-corrected chi connectivity index (χ2v) is 8.31. The summed E-state index contributed by atoms with van der Waals surface area (Å²) in [6.45, 7) is 17.2. The minimum Gasteiger partial charge on any atom is -0.323 e. The highest BCUT2D eigenvalue weighted by atomic mass is 15.4. The normalized spacial score (nSPS) is 27.0. The van der Waals surface area contributed by atoms with E-state index in [-0.39, 0.29) is 5.54 Å². The third-order valence-electron chi connectivity index (χ3n) is 4.81. The van der Waals surface area contributed by atoms with E-state index in [1.54, 1.807) is 0 Å². The number of hydrogen-bond acceptors (Lipinski definition) is 3. The van der Waals surface area contributed by atoms with Crippen molar-refractivity contribution in [3.63, 3.8) is 0 Å². The van der Waals surface area contributed by atoms with Gasteiger partial charge in [0, 0.05) is 31.7 Å². The fourth-order valence-electron chi connectivity index (χ4n) is 3.87. The van der Waals surface area contributed by atoms with E-state index in [2.05, 4.69) is 44.4 Å². The molecule has 2 unspecified atom stereocenters. The summed E-state index contributed by atoms with van der Waals surface area (Å²) in [6.07, 6.45) is 8.02. The minimum absolute atomic E-state index is 0.0623. The molecule has 2 N–H and O–H groups in total. The number of nitrogens with two attached hydrogens (primary N) is 1. The average Bonchev–Trinajstić information content (AvgIpc) is 2.41. The van der Waals surface area contributed by atoms with Crippen LogP contribution in [0.15, 0.2) is 0 Å². The Kier molecular flexibility index (Phi) is 8.96. The fraction of sp³-hybridized carbons (Fsp3) is 1.00. The van der Waals surface area contributed by atoms with Crippen LogP contribution in [0, 0.1) is 11.8 Å². The Balaban J connectivity index is 2.47. The van der Waals surface area contributed by atoms with Gasteiger partial charge in [0.2, 0.25) is 0 Å². The van der Waals surface area contributed by atoms with Crippen LogP contribution in [-0.2, 0) is 0 Å². The molecule has 1 saturated heterocycles. The molecule has 0 aromatic carbocycles. The molecule has 1 aliphatic heterocycles. The topological polar surface area (TPSA) is 32.5 Å². The van der Waals surface area contributed by atoms with E-state index in [0.29, 0.717) is 0 Å². The molecule has 0 amide bonds. The molecule has 132 valence electrons. The lowest BCUT2D eigenvalue weighted by molar-refractivity contribution is 0.0219. The van der Waals surface area contributed by atoms with Crippen LogP contribution in [-0.4, -0.2) is 48.2 Å². The first-order chi connectivity index (χ1) is 10.4. The van der Waals surface area contributed by atoms with Crippen molar-refractivity contribution in [3.05, 3.63) is 0 Å². The van der Waals surface area contributed by atoms with E-state index in [1.165, 1.54) is 51.6 Å². The molecular weight excluding hydrogens is 270 g/mol. The van der Waals surface area contributed by atoms with Crippen LogP contribution >= 0.6 is 0 Å². The zero-order chi connectivity index (χ0) is 16.6. The average molecular weight is 312 g/mol. The summed E-state index contributed by atoms with van der Waals surface area (Å²) in [5, 5.41) is 0. The van der Waals surface area contributed by atoms with Gasteiger partial charge in [-0.25, -0.2) is 0 Å². The lowest BCUT2D eigenvalue weighted by Crippen LogP contribution is -2.63. The van der Waals surface area contributed by atoms with Crippen molar-refractivity contribution in [2.45, 2.75) is 78.7 Å². The van der Waals surface area contributed by atoms with E-state index in [9.17, 15) is 0 Å². The molecule has 0 radical (unpaired) electrons. The van der Waals surface area contributed by atoms with Gasteiger partial charge in [0.1, 0.15) is 0 Å². The highest BCUT2D eigenvalue weighted by Gasteiger charge is 2.32. The van der Waals surface area contributed by atoms with E-state index < -0.39 is 0 Å². The van der Waals surface area contributed by atoms with E-state index >= 15 is 0 Å². The first-order valence-electron chi connectivity index (χ1n) is 9.60. The zero-order valence-corrected chi connectivity index (χ0v) is 15.9. The quantitative estimate of drug-likeness (QED) is 0.663. The molecule has 0 bridgehead atoms. The highest BCUT2D eigenvalue weighted by Crippen LogP contribution is 2.19. The monoisotopic (exact) mass is 311 g/mol. The van der Waals surface area contributed by atoms with Crippen LogP contribution in [0.1, 0.15) is 73.1 Å². The summed E-state index contributed by atoms with van der Waals surface area (Å²) in [6, 6.07) is 0. The maximum Gasteiger partial charge on any atom is 0.0507 e. The predicted octanol–water partition coefficient (Wildman–Crippen LogP) is 3.93. The van der Waals surface area contributed by atoms with E-state index in [4.69, 9.17) is 5.73 Å². The van der Waals surface area contributed by atoms with E-state index in [1.807, 2.05) is 0 Å². The number of nitrogens with zero attached hydrogens (tertiary/aromatic N) is 2. The summed E-state index contributed by atoms with van der Waals surface area (Å²) in [4.78, 5) is 5.19. The largest absolute Gasteiger partial charge is 0.323 e. The van der Waals surface area contributed by atoms with Crippen LogP contribution in [0.5, 0.6) is 0 Å². The zero-order valence-electron chi connectivity index (χ0n) is 15.9. The van der Waals surface area contributed by atoms with Gasteiger partial charge in [-0.3, -0.25) is 9.80 Å². The number of hydrogen-bond donors (Lipinski definition) is 1. The molecule has 1 rings (SSSR count). The first-order valence-corrected chi connectivity index (χ1v) is 9.60. The molecule has 0 aromatic rings. The van der Waals surface area contributed by atoms with Crippen molar-refractivity contribution in [1.82, 2.24) is 9.80 Å². The summed E-state index contributed by atoms with van der Waals surface area (Å²) in [5.41, 5.74) is 6.46. The third-order valence-corrected chi connectivity index (χ3v) is 4.81. The molecule has 1 fully saturated rings. The van der Waals surface area contributed by atoms with Gasteiger partial charge in [0.25, 0.3) is 0 Å². The Morgan fingerprint density at radius 3 is 1.68 bits per heavy atom. The lowest BCUT2D eigenvalue weighted by atomic mass is 9.96. The molecule has 1 aliphatic rings. The highest BCUT2D eigenvalue weighted by molar-refractivity contribution is 4.91. The summed E-state index contributed by atoms with van der Waals surface area (Å²) in [5.74, 6) is 1.57. The number of unbranched alkanes of at least 4 members (excludes halogenated alkanes) is 2. The van der Waals surface area contributed by atoms with Crippen molar-refractivity contribution < 1.29 is 0 Å². The van der Waals surface area contributed by atoms with Gasteiger partial charge in [0.15, 0.2) is 0 Å². The second-order valence-electron chi connectivity index (χ2n) is 8.31. The minimum atomic E-state index is -0.0623. The molecule has 22 heavy (non-hydrogen) atoms. The van der Waals surface area contributed by atoms with Crippen LogP contribution in [0.4, 0.5) is 0 Å². The second kappa shape index (κ2) is 9.89. The molecule has 3 heteroatoms. The van der Waals surface area contributed by atoms with Crippen LogP contribution in [0.25, 0.3) is 0 Å². The molecular formula is C19H41N3. The van der Waals surface area contributed by atoms with Crippen molar-refractivity contribution in [1.29, 1.82) is 0 Å². The maximum atomic E-state index is 6.53. The van der Waals surface area contributed by atoms with Gasteiger partial charge in [-0.15, -0.1) is 0 Å². The summed E-state index contributed by atoms with van der Waals surface area (Å²) in [7, 11) is 0. The van der Waals surface area contributed by atoms with Gasteiger partial charge in [0.05, 0.1) is 6.67 Å². The van der Waals surface area contributed by atoms with E-state index in [0.717, 1.165) is 31.6 Å². The predicted molar refractivity (Wildman–Crippen MR) is 98.0 cm³/mol. The molecule has 3 nitrogen and oxygen atoms in total. The Morgan fingerprint density at radius 1 is 0.909 bits per heavy atom. The van der Waals surface area contributed by atoms with Crippen LogP contribution in [0.3, 0.4) is 0 Å². The van der Waals surface area contributed by atoms with Crippen LogP contribution < -0.4 is 5.73 Å². The molecule has 1 heterocycles. The molecule has 0 spiro atoms. The van der Waals surface area contributed by atoms with Crippen molar-refractivity contribution in [2.24, 2.45) is 17.6 Å². The van der Waals surface area contributed by atoms with Gasteiger partial charge in [-0.05, 0) is 31.6 Å². The third kappa shape index (κ3) is 7.94. The van der Waals surface area contributed by atoms with Gasteiger partial charge >= 0.3 is 0 Å². The molecule has 0 aliphatic carbocycles. The molecule has 0 aromatic heterocycles. The van der Waals surface area contributed by atoms with Crippen molar-refractivity contribution in [3.8, 4) is 0 Å². The fourth-order valence-corrected chi connectivity index (χ4v) is 3.87. The standard InChI is InChI=1S/C19H41N3/c1-6-8-10-17(3)12-21-14-19(5,20)15-22(16-21)13-18(4)11-9-7-2/h17-18H,6-16,20H2,1-5H3. The summed E-state index contributed by atoms with van der Waals surface area (Å²) < 4.78 is 0. The smallest absolute Gasteiger partial charge is 0.0507 e. The Hall–Kier alpha value is -0.120. The van der Waals surface area contributed by atoms with Crippen molar-refractivity contribution >= 4 is 0 Å². The van der Waals surface area contributed by atoms with Gasteiger partial charge in [-0.2, -0.15) is 0 Å². The van der Waals surface area contributed by atoms with Gasteiger partial charge < -0.3 is 5.73 Å². The molecule has 0 saturated carbocycles. The first kappa shape index (κ1) is 19.9. The Labute approximate surface area is 139 Å².